The first kappa shape index (κ1) is 12.9. The van der Waals surface area contributed by atoms with Crippen molar-refractivity contribution in [1.82, 2.24) is 4.98 Å². The lowest BCUT2D eigenvalue weighted by atomic mass is 10.1. The highest BCUT2D eigenvalue weighted by Gasteiger charge is 2.15. The van der Waals surface area contributed by atoms with Crippen LogP contribution < -0.4 is 14.8 Å². The van der Waals surface area contributed by atoms with Crippen LogP contribution in [0.1, 0.15) is 0 Å². The summed E-state index contributed by atoms with van der Waals surface area (Å²) < 4.78 is 15.2. The molecule has 2 aromatic rings. The van der Waals surface area contributed by atoms with Crippen molar-refractivity contribution in [2.75, 3.05) is 26.6 Å². The number of ether oxygens (including phenoxy) is 3. The standard InChI is InChI=1S/C13H14N2O4/c1-17-10-7-9(15-13(16)19-3)11-8(12(10)18-2)5-4-6-14-11/h4-7H,1-3H3,(H,15,16). The normalized spacial score (nSPS) is 10.1. The number of fused-ring (bicyclic) bond motifs is 1. The van der Waals surface area contributed by atoms with Crippen molar-refractivity contribution < 1.29 is 19.0 Å². The maximum atomic E-state index is 11.3. The van der Waals surface area contributed by atoms with Crippen molar-refractivity contribution in [3.63, 3.8) is 0 Å². The smallest absolute Gasteiger partial charge is 0.411 e. The van der Waals surface area contributed by atoms with Gasteiger partial charge >= 0.3 is 6.09 Å². The largest absolute Gasteiger partial charge is 0.493 e. The molecular weight excluding hydrogens is 248 g/mol. The highest BCUT2D eigenvalue weighted by molar-refractivity contribution is 6.02. The van der Waals surface area contributed by atoms with Gasteiger partial charge in [-0.1, -0.05) is 0 Å². The van der Waals surface area contributed by atoms with Gasteiger partial charge in [0.2, 0.25) is 0 Å². The molecule has 0 radical (unpaired) electrons. The number of benzene rings is 1. The third kappa shape index (κ3) is 2.37. The van der Waals surface area contributed by atoms with Crippen molar-refractivity contribution >= 4 is 22.7 Å². The van der Waals surface area contributed by atoms with Gasteiger partial charge in [0.15, 0.2) is 11.5 Å². The average Bonchev–Trinajstić information content (AvgIpc) is 2.46. The summed E-state index contributed by atoms with van der Waals surface area (Å²) in [6.45, 7) is 0. The van der Waals surface area contributed by atoms with E-state index in [0.717, 1.165) is 5.39 Å². The quantitative estimate of drug-likeness (QED) is 0.919. The fourth-order valence-corrected chi connectivity index (χ4v) is 1.82. The van der Waals surface area contributed by atoms with Gasteiger partial charge < -0.3 is 14.2 Å². The van der Waals surface area contributed by atoms with Crippen LogP contribution in [0.25, 0.3) is 10.9 Å². The summed E-state index contributed by atoms with van der Waals surface area (Å²) in [5.41, 5.74) is 1.10. The lowest BCUT2D eigenvalue weighted by molar-refractivity contribution is 0.187. The molecule has 0 atom stereocenters. The van der Waals surface area contributed by atoms with Crippen LogP contribution in [0.4, 0.5) is 10.5 Å². The molecule has 1 N–H and O–H groups in total. The molecule has 0 saturated heterocycles. The van der Waals surface area contributed by atoms with E-state index in [0.29, 0.717) is 22.7 Å². The van der Waals surface area contributed by atoms with Gasteiger partial charge in [0.1, 0.15) is 0 Å². The van der Waals surface area contributed by atoms with Crippen molar-refractivity contribution in [1.29, 1.82) is 0 Å². The first-order valence-corrected chi connectivity index (χ1v) is 5.56. The topological polar surface area (TPSA) is 69.7 Å². The summed E-state index contributed by atoms with van der Waals surface area (Å²) in [6, 6.07) is 5.27. The zero-order valence-electron chi connectivity index (χ0n) is 10.9. The van der Waals surface area contributed by atoms with Gasteiger partial charge in [-0.25, -0.2) is 4.79 Å². The molecule has 0 aliphatic rings. The van der Waals surface area contributed by atoms with E-state index in [1.807, 2.05) is 6.07 Å². The minimum absolute atomic E-state index is 0.500. The third-order valence-corrected chi connectivity index (χ3v) is 2.65. The minimum Gasteiger partial charge on any atom is -0.493 e. The van der Waals surface area contributed by atoms with Crippen LogP contribution in [-0.2, 0) is 4.74 Å². The summed E-state index contributed by atoms with van der Waals surface area (Å²) in [7, 11) is 4.38. The van der Waals surface area contributed by atoms with E-state index in [1.54, 1.807) is 25.4 Å². The van der Waals surface area contributed by atoms with Gasteiger partial charge in [-0.15, -0.1) is 0 Å². The number of methoxy groups -OCH3 is 3. The lowest BCUT2D eigenvalue weighted by Crippen LogP contribution is -2.12. The Morgan fingerprint density at radius 1 is 1.26 bits per heavy atom. The van der Waals surface area contributed by atoms with Crippen LogP contribution in [0.3, 0.4) is 0 Å². The van der Waals surface area contributed by atoms with Gasteiger partial charge in [0.25, 0.3) is 0 Å². The Kier molecular flexibility index (Phi) is 3.70. The maximum Gasteiger partial charge on any atom is 0.411 e. The number of rotatable bonds is 3. The molecule has 6 nitrogen and oxygen atoms in total. The predicted molar refractivity (Wildman–Crippen MR) is 70.9 cm³/mol. The molecular formula is C13H14N2O4. The number of aromatic nitrogens is 1. The highest BCUT2D eigenvalue weighted by atomic mass is 16.5. The van der Waals surface area contributed by atoms with E-state index in [2.05, 4.69) is 15.0 Å². The predicted octanol–water partition coefficient (Wildman–Crippen LogP) is 2.43. The van der Waals surface area contributed by atoms with Gasteiger partial charge in [0.05, 0.1) is 32.5 Å². The van der Waals surface area contributed by atoms with E-state index < -0.39 is 6.09 Å². The van der Waals surface area contributed by atoms with Crippen LogP contribution in [-0.4, -0.2) is 32.4 Å². The van der Waals surface area contributed by atoms with Gasteiger partial charge in [-0.05, 0) is 12.1 Å². The second kappa shape index (κ2) is 5.43. The Morgan fingerprint density at radius 2 is 2.05 bits per heavy atom. The Hall–Kier alpha value is -2.50. The van der Waals surface area contributed by atoms with Crippen LogP contribution in [0.5, 0.6) is 11.5 Å². The van der Waals surface area contributed by atoms with E-state index >= 15 is 0 Å². The Bertz CT molecular complexity index is 613. The second-order valence-electron chi connectivity index (χ2n) is 3.68. The SMILES string of the molecule is COC(=O)Nc1cc(OC)c(OC)c2cccnc12. The summed E-state index contributed by atoms with van der Waals surface area (Å²) in [5, 5.41) is 3.35. The fourth-order valence-electron chi connectivity index (χ4n) is 1.82. The van der Waals surface area contributed by atoms with Crippen LogP contribution in [0.15, 0.2) is 24.4 Å². The molecule has 0 unspecified atom stereocenters. The van der Waals surface area contributed by atoms with Crippen LogP contribution in [0, 0.1) is 0 Å². The number of pyridine rings is 1. The lowest BCUT2D eigenvalue weighted by Gasteiger charge is -2.14. The molecule has 19 heavy (non-hydrogen) atoms. The van der Waals surface area contributed by atoms with Crippen molar-refractivity contribution in [3.8, 4) is 11.5 Å². The van der Waals surface area contributed by atoms with Crippen molar-refractivity contribution in [2.45, 2.75) is 0 Å². The van der Waals surface area contributed by atoms with E-state index in [9.17, 15) is 4.79 Å². The molecule has 6 heteroatoms. The second-order valence-corrected chi connectivity index (χ2v) is 3.68. The number of amides is 1. The number of hydrogen-bond donors (Lipinski definition) is 1. The number of hydrogen-bond acceptors (Lipinski definition) is 5. The number of nitrogens with one attached hydrogen (secondary N) is 1. The summed E-state index contributed by atoms with van der Waals surface area (Å²) in [5.74, 6) is 1.08. The molecule has 0 fully saturated rings. The Morgan fingerprint density at radius 3 is 2.68 bits per heavy atom. The molecule has 0 aliphatic heterocycles. The van der Waals surface area contributed by atoms with Crippen LogP contribution in [0.2, 0.25) is 0 Å². The zero-order valence-corrected chi connectivity index (χ0v) is 10.9. The van der Waals surface area contributed by atoms with E-state index in [4.69, 9.17) is 9.47 Å². The highest BCUT2D eigenvalue weighted by Crippen LogP contribution is 2.39. The van der Waals surface area contributed by atoms with Gasteiger partial charge in [-0.2, -0.15) is 0 Å². The number of carbonyl (C=O) groups excluding carboxylic acids is 1. The summed E-state index contributed by atoms with van der Waals surface area (Å²) in [4.78, 5) is 15.6. The van der Waals surface area contributed by atoms with E-state index in [1.165, 1.54) is 14.2 Å². The summed E-state index contributed by atoms with van der Waals surface area (Å²) >= 11 is 0. The van der Waals surface area contributed by atoms with Gasteiger partial charge in [0, 0.05) is 17.6 Å². The number of anilines is 1. The average molecular weight is 262 g/mol. The fraction of sp³-hybridized carbons (Fsp3) is 0.231. The molecule has 1 aromatic carbocycles. The molecule has 1 amide bonds. The van der Waals surface area contributed by atoms with Crippen LogP contribution >= 0.6 is 0 Å². The first-order chi connectivity index (χ1) is 9.21. The monoisotopic (exact) mass is 262 g/mol. The molecule has 0 bridgehead atoms. The van der Waals surface area contributed by atoms with E-state index in [-0.39, 0.29) is 0 Å². The molecule has 0 aliphatic carbocycles. The number of carbonyl (C=O) groups is 1. The first-order valence-electron chi connectivity index (χ1n) is 5.56. The molecule has 1 heterocycles. The zero-order chi connectivity index (χ0) is 13.8. The molecule has 1 aromatic heterocycles. The summed E-state index contributed by atoms with van der Waals surface area (Å²) in [6.07, 6.45) is 1.07. The molecule has 0 spiro atoms. The number of nitrogens with zero attached hydrogens (tertiary/aromatic N) is 1. The van der Waals surface area contributed by atoms with Gasteiger partial charge in [-0.3, -0.25) is 10.3 Å². The Balaban J connectivity index is 2.66. The third-order valence-electron chi connectivity index (χ3n) is 2.65. The maximum absolute atomic E-state index is 11.3. The minimum atomic E-state index is -0.570. The molecule has 100 valence electrons. The Labute approximate surface area is 110 Å². The molecule has 2 rings (SSSR count). The molecule has 0 saturated carbocycles. The van der Waals surface area contributed by atoms with Crippen molar-refractivity contribution in [3.05, 3.63) is 24.4 Å². The van der Waals surface area contributed by atoms with Crippen molar-refractivity contribution in [2.24, 2.45) is 0 Å².